The van der Waals surface area contributed by atoms with Gasteiger partial charge in [-0.2, -0.15) is 0 Å². The molecule has 0 aliphatic rings. The minimum Gasteiger partial charge on any atom is -0.309 e. The van der Waals surface area contributed by atoms with Crippen LogP contribution in [0.25, 0.3) is 83.6 Å². The van der Waals surface area contributed by atoms with Gasteiger partial charge in [-0.3, -0.25) is 0 Å². The number of aromatic nitrogens is 3. The summed E-state index contributed by atoms with van der Waals surface area (Å²) < 4.78 is 2.40. The molecule has 2 aromatic heterocycles. The summed E-state index contributed by atoms with van der Waals surface area (Å²) >= 11 is 0. The maximum absolute atomic E-state index is 5.22. The van der Waals surface area contributed by atoms with E-state index in [-0.39, 0.29) is 0 Å². The standard InChI is InChI=1S/C48H35N3/c1-32-39(23-14-24-40(32)46-33(2)45(36-16-6-3-7-17-36)49-48(50-46)37-18-8-4-9-19-37)34-28-30-35(31-29-34)41-25-15-26-43-42-22-12-13-27-44(42)51(47(41)43)38-20-10-5-11-21-38/h3-31H,1-2H3. The molecule has 0 spiro atoms. The average molecular weight is 654 g/mol. The van der Waals surface area contributed by atoms with Crippen LogP contribution < -0.4 is 0 Å². The van der Waals surface area contributed by atoms with E-state index in [2.05, 4.69) is 170 Å². The van der Waals surface area contributed by atoms with E-state index in [1.165, 1.54) is 49.6 Å². The lowest BCUT2D eigenvalue weighted by Crippen LogP contribution is -2.01. The largest absolute Gasteiger partial charge is 0.309 e. The lowest BCUT2D eigenvalue weighted by Gasteiger charge is -2.17. The molecule has 0 amide bonds. The number of para-hydroxylation sites is 3. The lowest BCUT2D eigenvalue weighted by atomic mass is 9.91. The molecule has 242 valence electrons. The first-order valence-corrected chi connectivity index (χ1v) is 17.4. The van der Waals surface area contributed by atoms with Crippen molar-refractivity contribution in [2.45, 2.75) is 13.8 Å². The van der Waals surface area contributed by atoms with Crippen molar-refractivity contribution >= 4 is 21.8 Å². The first-order valence-electron chi connectivity index (χ1n) is 17.4. The highest BCUT2D eigenvalue weighted by atomic mass is 15.0. The van der Waals surface area contributed by atoms with Crippen molar-refractivity contribution in [3.8, 4) is 61.8 Å². The normalized spacial score (nSPS) is 11.3. The Hall–Kier alpha value is -6.58. The Kier molecular flexibility index (Phi) is 7.59. The van der Waals surface area contributed by atoms with Crippen molar-refractivity contribution in [1.29, 1.82) is 0 Å². The fraction of sp³-hybridized carbons (Fsp3) is 0.0417. The van der Waals surface area contributed by atoms with Crippen LogP contribution in [-0.4, -0.2) is 14.5 Å². The third-order valence-corrected chi connectivity index (χ3v) is 10.0. The van der Waals surface area contributed by atoms with Gasteiger partial charge in [0.05, 0.1) is 22.4 Å². The molecule has 9 aromatic rings. The summed E-state index contributed by atoms with van der Waals surface area (Å²) in [5, 5.41) is 2.51. The highest BCUT2D eigenvalue weighted by molar-refractivity contribution is 6.13. The Bertz CT molecular complexity index is 2670. The number of fused-ring (bicyclic) bond motifs is 3. The van der Waals surface area contributed by atoms with Crippen LogP contribution in [0.1, 0.15) is 11.1 Å². The predicted octanol–water partition coefficient (Wildman–Crippen LogP) is 12.5. The van der Waals surface area contributed by atoms with Gasteiger partial charge in [0.25, 0.3) is 0 Å². The van der Waals surface area contributed by atoms with Crippen molar-refractivity contribution in [1.82, 2.24) is 14.5 Å². The van der Waals surface area contributed by atoms with Crippen molar-refractivity contribution < 1.29 is 0 Å². The average Bonchev–Trinajstić information content (AvgIpc) is 3.54. The van der Waals surface area contributed by atoms with Crippen molar-refractivity contribution in [2.24, 2.45) is 0 Å². The van der Waals surface area contributed by atoms with E-state index in [9.17, 15) is 0 Å². The van der Waals surface area contributed by atoms with Gasteiger partial charge in [-0.15, -0.1) is 0 Å². The molecule has 0 unspecified atom stereocenters. The summed E-state index contributed by atoms with van der Waals surface area (Å²) in [4.78, 5) is 10.3. The van der Waals surface area contributed by atoms with Crippen LogP contribution in [0.5, 0.6) is 0 Å². The fourth-order valence-electron chi connectivity index (χ4n) is 7.50. The van der Waals surface area contributed by atoms with Crippen LogP contribution >= 0.6 is 0 Å². The van der Waals surface area contributed by atoms with Crippen LogP contribution in [0.2, 0.25) is 0 Å². The molecule has 0 bridgehead atoms. The van der Waals surface area contributed by atoms with Crippen LogP contribution in [0, 0.1) is 13.8 Å². The third kappa shape index (κ3) is 5.31. The third-order valence-electron chi connectivity index (χ3n) is 10.0. The molecule has 9 rings (SSSR count). The molecule has 0 saturated heterocycles. The van der Waals surface area contributed by atoms with E-state index in [0.29, 0.717) is 0 Å². The number of hydrogen-bond donors (Lipinski definition) is 0. The second kappa shape index (κ2) is 12.7. The molecular weight excluding hydrogens is 619 g/mol. The zero-order chi connectivity index (χ0) is 34.3. The van der Waals surface area contributed by atoms with E-state index in [1.54, 1.807) is 0 Å². The molecule has 2 heterocycles. The summed E-state index contributed by atoms with van der Waals surface area (Å²) in [5.41, 5.74) is 15.7. The van der Waals surface area contributed by atoms with Crippen molar-refractivity contribution in [3.63, 3.8) is 0 Å². The number of rotatable bonds is 6. The second-order valence-corrected chi connectivity index (χ2v) is 13.0. The van der Waals surface area contributed by atoms with Gasteiger partial charge in [-0.05, 0) is 54.3 Å². The number of benzene rings is 7. The van der Waals surface area contributed by atoms with Gasteiger partial charge in [-0.25, -0.2) is 9.97 Å². The van der Waals surface area contributed by atoms with E-state index in [4.69, 9.17) is 9.97 Å². The van der Waals surface area contributed by atoms with Gasteiger partial charge >= 0.3 is 0 Å². The van der Waals surface area contributed by atoms with E-state index >= 15 is 0 Å². The molecule has 3 heteroatoms. The first-order chi connectivity index (χ1) is 25.2. The smallest absolute Gasteiger partial charge is 0.160 e. The van der Waals surface area contributed by atoms with Gasteiger partial charge < -0.3 is 4.57 Å². The maximum atomic E-state index is 5.22. The van der Waals surface area contributed by atoms with Gasteiger partial charge in [0.15, 0.2) is 5.82 Å². The van der Waals surface area contributed by atoms with Gasteiger partial charge in [0.2, 0.25) is 0 Å². The van der Waals surface area contributed by atoms with Crippen LogP contribution in [-0.2, 0) is 0 Å². The molecule has 0 N–H and O–H groups in total. The Labute approximate surface area is 298 Å². The topological polar surface area (TPSA) is 30.7 Å². The highest BCUT2D eigenvalue weighted by Crippen LogP contribution is 2.40. The zero-order valence-electron chi connectivity index (χ0n) is 28.6. The van der Waals surface area contributed by atoms with Crippen LogP contribution in [0.15, 0.2) is 176 Å². The van der Waals surface area contributed by atoms with E-state index < -0.39 is 0 Å². The minimum absolute atomic E-state index is 0.728. The van der Waals surface area contributed by atoms with Crippen molar-refractivity contribution in [3.05, 3.63) is 187 Å². The molecule has 0 saturated carbocycles. The molecular formula is C48H35N3. The molecule has 0 aliphatic carbocycles. The number of hydrogen-bond acceptors (Lipinski definition) is 2. The first kappa shape index (κ1) is 30.5. The van der Waals surface area contributed by atoms with Crippen LogP contribution in [0.3, 0.4) is 0 Å². The SMILES string of the molecule is Cc1c(-c2ccc(-c3cccc4c5ccccc5n(-c5ccccc5)c34)cc2)cccc1-c1nc(-c2ccccc2)nc(-c2ccccc2)c1C. The molecule has 51 heavy (non-hydrogen) atoms. The summed E-state index contributed by atoms with van der Waals surface area (Å²) in [6.45, 7) is 4.35. The summed E-state index contributed by atoms with van der Waals surface area (Å²) in [7, 11) is 0. The Balaban J connectivity index is 1.16. The molecule has 0 radical (unpaired) electrons. The van der Waals surface area contributed by atoms with Gasteiger partial charge in [0.1, 0.15) is 0 Å². The zero-order valence-corrected chi connectivity index (χ0v) is 28.6. The molecule has 0 aliphatic heterocycles. The van der Waals surface area contributed by atoms with Gasteiger partial charge in [-0.1, -0.05) is 158 Å². The fourth-order valence-corrected chi connectivity index (χ4v) is 7.50. The number of nitrogens with zero attached hydrogens (tertiary/aromatic N) is 3. The van der Waals surface area contributed by atoms with Crippen LogP contribution in [0.4, 0.5) is 0 Å². The van der Waals surface area contributed by atoms with E-state index in [0.717, 1.165) is 45.2 Å². The Morgan fingerprint density at radius 1 is 0.373 bits per heavy atom. The van der Waals surface area contributed by atoms with Gasteiger partial charge in [0, 0.05) is 44.3 Å². The lowest BCUT2D eigenvalue weighted by molar-refractivity contribution is 1.14. The summed E-state index contributed by atoms with van der Waals surface area (Å²) in [5.74, 6) is 0.728. The Morgan fingerprint density at radius 2 is 0.902 bits per heavy atom. The molecule has 3 nitrogen and oxygen atoms in total. The molecule has 0 fully saturated rings. The van der Waals surface area contributed by atoms with E-state index in [1.807, 2.05) is 24.3 Å². The summed E-state index contributed by atoms with van der Waals surface area (Å²) in [6, 6.07) is 62.3. The van der Waals surface area contributed by atoms with Crippen molar-refractivity contribution in [2.75, 3.05) is 0 Å². The quantitative estimate of drug-likeness (QED) is 0.179. The monoisotopic (exact) mass is 653 g/mol. The Morgan fingerprint density at radius 3 is 1.63 bits per heavy atom. The molecule has 7 aromatic carbocycles. The molecule has 0 atom stereocenters. The minimum atomic E-state index is 0.728. The highest BCUT2D eigenvalue weighted by Gasteiger charge is 2.19. The predicted molar refractivity (Wildman–Crippen MR) is 213 cm³/mol. The second-order valence-electron chi connectivity index (χ2n) is 13.0. The summed E-state index contributed by atoms with van der Waals surface area (Å²) in [6.07, 6.45) is 0. The maximum Gasteiger partial charge on any atom is 0.160 e.